The fourth-order valence-corrected chi connectivity index (χ4v) is 2.12. The predicted octanol–water partition coefficient (Wildman–Crippen LogP) is 1.92. The van der Waals surface area contributed by atoms with E-state index < -0.39 is 11.5 Å². The van der Waals surface area contributed by atoms with Gasteiger partial charge in [0.15, 0.2) is 0 Å². The lowest BCUT2D eigenvalue weighted by Crippen LogP contribution is -2.33. The van der Waals surface area contributed by atoms with Gasteiger partial charge in [0.25, 0.3) is 0 Å². The summed E-state index contributed by atoms with van der Waals surface area (Å²) in [5.74, 6) is 0.483. The van der Waals surface area contributed by atoms with E-state index in [9.17, 15) is 4.79 Å². The molecule has 112 valence electrons. The van der Waals surface area contributed by atoms with Gasteiger partial charge in [-0.2, -0.15) is 10.2 Å². The highest BCUT2D eigenvalue weighted by atomic mass is 16.5. The van der Waals surface area contributed by atoms with Gasteiger partial charge in [-0.05, 0) is 38.8 Å². The largest absolute Gasteiger partial charge is 0.343 e. The Morgan fingerprint density at radius 3 is 2.95 bits per heavy atom. The maximum Gasteiger partial charge on any atom is 0.249 e. The van der Waals surface area contributed by atoms with Gasteiger partial charge in [-0.3, -0.25) is 9.78 Å². The van der Waals surface area contributed by atoms with E-state index in [1.807, 2.05) is 13.0 Å². The molecule has 22 heavy (non-hydrogen) atoms. The Morgan fingerprint density at radius 2 is 2.32 bits per heavy atom. The van der Waals surface area contributed by atoms with Crippen molar-refractivity contribution in [3.8, 4) is 17.5 Å². The highest BCUT2D eigenvalue weighted by molar-refractivity contribution is 5.88. The standard InChI is InChI=1S/C15H15N5O2/c1-9-7-11(3-6-17-9)12-19-13(22-20-12)10(2)18-14(21)15(8-16)4-5-15/h3,6-7,10H,4-5H2,1-2H3,(H,18,21)/t10-/m0/s1. The zero-order valence-electron chi connectivity index (χ0n) is 12.3. The molecule has 2 aromatic rings. The molecule has 3 rings (SSSR count). The number of rotatable bonds is 4. The summed E-state index contributed by atoms with van der Waals surface area (Å²) in [6.45, 7) is 3.63. The Morgan fingerprint density at radius 1 is 1.55 bits per heavy atom. The molecule has 0 saturated heterocycles. The van der Waals surface area contributed by atoms with Crippen LogP contribution in [0.1, 0.15) is 37.4 Å². The molecule has 0 aromatic carbocycles. The predicted molar refractivity (Wildman–Crippen MR) is 76.1 cm³/mol. The second-order valence-corrected chi connectivity index (χ2v) is 5.53. The van der Waals surface area contributed by atoms with Crippen molar-refractivity contribution in [2.75, 3.05) is 0 Å². The Labute approximate surface area is 127 Å². The maximum absolute atomic E-state index is 12.0. The molecule has 1 aliphatic rings. The zero-order chi connectivity index (χ0) is 15.7. The molecule has 1 saturated carbocycles. The molecule has 0 aliphatic heterocycles. The SMILES string of the molecule is Cc1cc(-c2noc([C@H](C)NC(=O)C3(C#N)CC3)n2)ccn1. The average molecular weight is 297 g/mol. The van der Waals surface area contributed by atoms with E-state index >= 15 is 0 Å². The van der Waals surface area contributed by atoms with Crippen LogP contribution in [0.25, 0.3) is 11.4 Å². The normalized spacial score (nSPS) is 16.6. The molecule has 1 fully saturated rings. The number of aromatic nitrogens is 3. The molecular weight excluding hydrogens is 282 g/mol. The second-order valence-electron chi connectivity index (χ2n) is 5.53. The Bertz CT molecular complexity index is 757. The molecule has 0 bridgehead atoms. The Balaban J connectivity index is 1.74. The van der Waals surface area contributed by atoms with E-state index in [1.165, 1.54) is 0 Å². The van der Waals surface area contributed by atoms with E-state index in [-0.39, 0.29) is 5.91 Å². The molecule has 1 aliphatic carbocycles. The van der Waals surface area contributed by atoms with Gasteiger partial charge in [0.05, 0.1) is 6.07 Å². The first-order valence-electron chi connectivity index (χ1n) is 7.03. The molecule has 1 N–H and O–H groups in total. The number of nitriles is 1. The van der Waals surface area contributed by atoms with Crippen molar-refractivity contribution in [1.82, 2.24) is 20.4 Å². The Hall–Kier alpha value is -2.75. The molecule has 2 heterocycles. The van der Waals surface area contributed by atoms with Crippen molar-refractivity contribution in [2.45, 2.75) is 32.7 Å². The third kappa shape index (κ3) is 2.55. The van der Waals surface area contributed by atoms with Gasteiger partial charge in [-0.1, -0.05) is 5.16 Å². The number of aryl methyl sites for hydroxylation is 1. The van der Waals surface area contributed by atoms with Gasteiger partial charge >= 0.3 is 0 Å². The number of pyridine rings is 1. The third-order valence-electron chi connectivity index (χ3n) is 3.71. The highest BCUT2D eigenvalue weighted by Crippen LogP contribution is 2.45. The molecular formula is C15H15N5O2. The minimum atomic E-state index is -0.862. The molecule has 2 aromatic heterocycles. The quantitative estimate of drug-likeness (QED) is 0.924. The van der Waals surface area contributed by atoms with E-state index in [0.717, 1.165) is 11.3 Å². The van der Waals surface area contributed by atoms with Gasteiger partial charge in [-0.15, -0.1) is 0 Å². The minimum absolute atomic E-state index is 0.276. The van der Waals surface area contributed by atoms with Crippen molar-refractivity contribution in [2.24, 2.45) is 5.41 Å². The van der Waals surface area contributed by atoms with Crippen LogP contribution < -0.4 is 5.32 Å². The molecule has 7 heteroatoms. The molecule has 0 unspecified atom stereocenters. The van der Waals surface area contributed by atoms with E-state index in [0.29, 0.717) is 24.6 Å². The summed E-state index contributed by atoms with van der Waals surface area (Å²) in [7, 11) is 0. The summed E-state index contributed by atoms with van der Waals surface area (Å²) in [4.78, 5) is 20.4. The number of hydrogen-bond donors (Lipinski definition) is 1. The lowest BCUT2D eigenvalue weighted by Gasteiger charge is -2.11. The van der Waals surface area contributed by atoms with Crippen LogP contribution in [0.15, 0.2) is 22.9 Å². The van der Waals surface area contributed by atoms with Gasteiger partial charge in [0.2, 0.25) is 17.6 Å². The van der Waals surface area contributed by atoms with Crippen LogP contribution in [-0.4, -0.2) is 21.0 Å². The van der Waals surface area contributed by atoms with Crippen molar-refractivity contribution >= 4 is 5.91 Å². The topological polar surface area (TPSA) is 105 Å². The first-order chi connectivity index (χ1) is 10.5. The number of carbonyl (C=O) groups is 1. The third-order valence-corrected chi connectivity index (χ3v) is 3.71. The fraction of sp³-hybridized carbons (Fsp3) is 0.400. The molecule has 1 amide bonds. The molecule has 1 atom stereocenters. The van der Waals surface area contributed by atoms with Gasteiger partial charge in [-0.25, -0.2) is 0 Å². The van der Waals surface area contributed by atoms with Crippen molar-refractivity contribution in [3.05, 3.63) is 29.9 Å². The number of hydrogen-bond acceptors (Lipinski definition) is 6. The molecule has 0 radical (unpaired) electrons. The minimum Gasteiger partial charge on any atom is -0.343 e. The second kappa shape index (κ2) is 5.22. The number of carbonyl (C=O) groups excluding carboxylic acids is 1. The van der Waals surface area contributed by atoms with Crippen LogP contribution in [0.5, 0.6) is 0 Å². The van der Waals surface area contributed by atoms with Crippen molar-refractivity contribution in [1.29, 1.82) is 5.26 Å². The highest BCUT2D eigenvalue weighted by Gasteiger charge is 2.51. The lowest BCUT2D eigenvalue weighted by atomic mass is 10.1. The summed E-state index contributed by atoms with van der Waals surface area (Å²) in [6, 6.07) is 5.26. The number of nitrogens with zero attached hydrogens (tertiary/aromatic N) is 4. The molecule has 7 nitrogen and oxygen atoms in total. The number of amides is 1. The smallest absolute Gasteiger partial charge is 0.249 e. The van der Waals surface area contributed by atoms with E-state index in [2.05, 4.69) is 26.5 Å². The van der Waals surface area contributed by atoms with Crippen LogP contribution in [0.2, 0.25) is 0 Å². The summed E-state index contributed by atoms with van der Waals surface area (Å²) < 4.78 is 5.21. The maximum atomic E-state index is 12.0. The van der Waals surface area contributed by atoms with E-state index in [1.54, 1.807) is 19.2 Å². The monoisotopic (exact) mass is 297 g/mol. The van der Waals surface area contributed by atoms with Gasteiger partial charge in [0.1, 0.15) is 11.5 Å². The fourth-order valence-electron chi connectivity index (χ4n) is 2.12. The zero-order valence-corrected chi connectivity index (χ0v) is 12.3. The summed E-state index contributed by atoms with van der Waals surface area (Å²) in [6.07, 6.45) is 2.89. The average Bonchev–Trinajstić information content (AvgIpc) is 3.16. The van der Waals surface area contributed by atoms with Crippen molar-refractivity contribution in [3.63, 3.8) is 0 Å². The molecule has 0 spiro atoms. The van der Waals surface area contributed by atoms with Crippen LogP contribution >= 0.6 is 0 Å². The first-order valence-corrected chi connectivity index (χ1v) is 7.03. The summed E-state index contributed by atoms with van der Waals surface area (Å²) in [5, 5.41) is 15.7. The van der Waals surface area contributed by atoms with Gasteiger partial charge < -0.3 is 9.84 Å². The summed E-state index contributed by atoms with van der Waals surface area (Å²) in [5.41, 5.74) is 0.797. The Kier molecular flexibility index (Phi) is 3.37. The lowest BCUT2D eigenvalue weighted by molar-refractivity contribution is -0.125. The van der Waals surface area contributed by atoms with E-state index in [4.69, 9.17) is 9.78 Å². The first kappa shape index (κ1) is 14.2. The number of nitrogens with one attached hydrogen (secondary N) is 1. The van der Waals surface area contributed by atoms with Crippen molar-refractivity contribution < 1.29 is 9.32 Å². The van der Waals surface area contributed by atoms with Crippen LogP contribution in [0, 0.1) is 23.7 Å². The summed E-state index contributed by atoms with van der Waals surface area (Å²) >= 11 is 0. The van der Waals surface area contributed by atoms with Gasteiger partial charge in [0, 0.05) is 17.5 Å². The van der Waals surface area contributed by atoms with Crippen LogP contribution in [0.3, 0.4) is 0 Å². The van der Waals surface area contributed by atoms with Crippen LogP contribution in [0.4, 0.5) is 0 Å². The van der Waals surface area contributed by atoms with Crippen LogP contribution in [-0.2, 0) is 4.79 Å².